The number of rotatable bonds is 8. The lowest BCUT2D eigenvalue weighted by Crippen LogP contribution is -2.50. The highest BCUT2D eigenvalue weighted by Gasteiger charge is 2.33. The van der Waals surface area contributed by atoms with E-state index in [0.717, 1.165) is 16.8 Å². The van der Waals surface area contributed by atoms with Crippen LogP contribution in [0.1, 0.15) is 11.1 Å². The van der Waals surface area contributed by atoms with Gasteiger partial charge in [-0.3, -0.25) is 24.6 Å². The standard InChI is InChI=1S/C21H24N4O5/c1-30-21(27)19-12-15-4-2-3-5-16(15)13-24(19)14-20(26)23-11-10-22-17-6-8-18(9-7-17)25(28)29/h2-9,19,22H,10-14H2,1H3,(H,23,26)/t19-/m1/s1. The molecule has 1 atom stereocenters. The van der Waals surface area contributed by atoms with E-state index in [1.165, 1.54) is 19.2 Å². The maximum absolute atomic E-state index is 12.4. The van der Waals surface area contributed by atoms with Crippen LogP contribution in [0.15, 0.2) is 48.5 Å². The van der Waals surface area contributed by atoms with Crippen LogP contribution in [0.3, 0.4) is 0 Å². The van der Waals surface area contributed by atoms with Gasteiger partial charge >= 0.3 is 5.97 Å². The van der Waals surface area contributed by atoms with E-state index in [4.69, 9.17) is 4.74 Å². The van der Waals surface area contributed by atoms with Crippen LogP contribution in [0.4, 0.5) is 11.4 Å². The van der Waals surface area contributed by atoms with E-state index >= 15 is 0 Å². The number of methoxy groups -OCH3 is 1. The fraction of sp³-hybridized carbons (Fsp3) is 0.333. The SMILES string of the molecule is COC(=O)[C@H]1Cc2ccccc2CN1CC(=O)NCCNc1ccc([N+](=O)[O-])cc1. The topological polar surface area (TPSA) is 114 Å². The highest BCUT2D eigenvalue weighted by atomic mass is 16.6. The second kappa shape index (κ2) is 9.84. The van der Waals surface area contributed by atoms with Gasteiger partial charge < -0.3 is 15.4 Å². The van der Waals surface area contributed by atoms with E-state index in [2.05, 4.69) is 10.6 Å². The third-order valence-corrected chi connectivity index (χ3v) is 5.02. The normalized spacial score (nSPS) is 15.7. The summed E-state index contributed by atoms with van der Waals surface area (Å²) in [6.07, 6.45) is 0.512. The fourth-order valence-corrected chi connectivity index (χ4v) is 3.46. The van der Waals surface area contributed by atoms with Gasteiger partial charge in [-0.2, -0.15) is 0 Å². The van der Waals surface area contributed by atoms with Crippen LogP contribution in [-0.4, -0.2) is 54.5 Å². The number of nitrogens with one attached hydrogen (secondary N) is 2. The van der Waals surface area contributed by atoms with Crippen LogP contribution in [0.5, 0.6) is 0 Å². The molecule has 0 saturated heterocycles. The Morgan fingerprint density at radius 1 is 1.13 bits per heavy atom. The number of esters is 1. The predicted molar refractivity (Wildman–Crippen MR) is 111 cm³/mol. The van der Waals surface area contributed by atoms with Gasteiger partial charge in [0.15, 0.2) is 0 Å². The zero-order chi connectivity index (χ0) is 21.5. The van der Waals surface area contributed by atoms with Crippen molar-refractivity contribution < 1.29 is 19.2 Å². The molecule has 9 nitrogen and oxygen atoms in total. The Bertz CT molecular complexity index is 916. The number of nitro benzene ring substituents is 1. The average Bonchev–Trinajstić information content (AvgIpc) is 2.76. The summed E-state index contributed by atoms with van der Waals surface area (Å²) in [6, 6.07) is 13.5. The monoisotopic (exact) mass is 412 g/mol. The average molecular weight is 412 g/mol. The Morgan fingerprint density at radius 3 is 2.50 bits per heavy atom. The quantitative estimate of drug-likeness (QED) is 0.294. The first-order valence-electron chi connectivity index (χ1n) is 9.61. The molecule has 0 aromatic heterocycles. The van der Waals surface area contributed by atoms with Gasteiger partial charge in [0.05, 0.1) is 18.6 Å². The summed E-state index contributed by atoms with van der Waals surface area (Å²) >= 11 is 0. The molecule has 3 rings (SSSR count). The number of carbonyl (C=O) groups is 2. The lowest BCUT2D eigenvalue weighted by molar-refractivity contribution is -0.384. The maximum Gasteiger partial charge on any atom is 0.323 e. The van der Waals surface area contributed by atoms with Crippen LogP contribution >= 0.6 is 0 Å². The van der Waals surface area contributed by atoms with Crippen LogP contribution in [-0.2, 0) is 27.3 Å². The van der Waals surface area contributed by atoms with Crippen molar-refractivity contribution >= 4 is 23.3 Å². The summed E-state index contributed by atoms with van der Waals surface area (Å²) in [5.41, 5.74) is 2.95. The van der Waals surface area contributed by atoms with E-state index in [0.29, 0.717) is 26.1 Å². The highest BCUT2D eigenvalue weighted by Crippen LogP contribution is 2.23. The van der Waals surface area contributed by atoms with Gasteiger partial charge in [0.1, 0.15) is 6.04 Å². The van der Waals surface area contributed by atoms with Gasteiger partial charge in [-0.25, -0.2) is 0 Å². The molecular weight excluding hydrogens is 388 g/mol. The lowest BCUT2D eigenvalue weighted by Gasteiger charge is -2.34. The largest absolute Gasteiger partial charge is 0.468 e. The molecule has 0 unspecified atom stereocenters. The first-order chi connectivity index (χ1) is 14.5. The molecular formula is C21H24N4O5. The summed E-state index contributed by atoms with van der Waals surface area (Å²) in [7, 11) is 1.35. The minimum absolute atomic E-state index is 0.0251. The summed E-state index contributed by atoms with van der Waals surface area (Å²) < 4.78 is 4.92. The molecule has 0 aliphatic carbocycles. The molecule has 30 heavy (non-hydrogen) atoms. The molecule has 1 aliphatic heterocycles. The third kappa shape index (κ3) is 5.32. The van der Waals surface area contributed by atoms with E-state index < -0.39 is 11.0 Å². The smallest absolute Gasteiger partial charge is 0.323 e. The summed E-state index contributed by atoms with van der Waals surface area (Å²) in [4.78, 5) is 36.6. The van der Waals surface area contributed by atoms with Crippen molar-refractivity contribution in [3.63, 3.8) is 0 Å². The van der Waals surface area contributed by atoms with Crippen molar-refractivity contribution in [2.45, 2.75) is 19.0 Å². The molecule has 1 amide bonds. The number of hydrogen-bond donors (Lipinski definition) is 2. The zero-order valence-corrected chi connectivity index (χ0v) is 16.7. The van der Waals surface area contributed by atoms with Crippen molar-refractivity contribution in [1.82, 2.24) is 10.2 Å². The van der Waals surface area contributed by atoms with Crippen LogP contribution in [0.25, 0.3) is 0 Å². The second-order valence-corrected chi connectivity index (χ2v) is 7.00. The minimum Gasteiger partial charge on any atom is -0.468 e. The first-order valence-corrected chi connectivity index (χ1v) is 9.61. The van der Waals surface area contributed by atoms with E-state index in [1.54, 1.807) is 12.1 Å². The van der Waals surface area contributed by atoms with Crippen LogP contribution in [0, 0.1) is 10.1 Å². The van der Waals surface area contributed by atoms with Gasteiger partial charge in [0, 0.05) is 37.5 Å². The van der Waals surface area contributed by atoms with Gasteiger partial charge in [0.25, 0.3) is 5.69 Å². The number of ether oxygens (including phenoxy) is 1. The lowest BCUT2D eigenvalue weighted by atomic mass is 9.94. The maximum atomic E-state index is 12.4. The molecule has 2 aromatic carbocycles. The molecule has 2 N–H and O–H groups in total. The van der Waals surface area contributed by atoms with Crippen LogP contribution < -0.4 is 10.6 Å². The molecule has 0 radical (unpaired) electrons. The molecule has 9 heteroatoms. The van der Waals surface area contributed by atoms with Gasteiger partial charge in [-0.15, -0.1) is 0 Å². The number of fused-ring (bicyclic) bond motifs is 1. The number of hydrogen-bond acceptors (Lipinski definition) is 7. The van der Waals surface area contributed by atoms with Crippen molar-refractivity contribution in [3.8, 4) is 0 Å². The molecule has 0 fully saturated rings. The first kappa shape index (κ1) is 21.3. The molecule has 0 spiro atoms. The highest BCUT2D eigenvalue weighted by molar-refractivity contribution is 5.81. The molecule has 0 saturated carbocycles. The zero-order valence-electron chi connectivity index (χ0n) is 16.7. The Morgan fingerprint density at radius 2 is 1.83 bits per heavy atom. The predicted octanol–water partition coefficient (Wildman–Crippen LogP) is 1.72. The van der Waals surface area contributed by atoms with Gasteiger partial charge in [-0.1, -0.05) is 24.3 Å². The Kier molecular flexibility index (Phi) is 6.97. The molecule has 2 aromatic rings. The molecule has 0 bridgehead atoms. The van der Waals surface area contributed by atoms with Crippen LogP contribution in [0.2, 0.25) is 0 Å². The number of anilines is 1. The second-order valence-electron chi connectivity index (χ2n) is 7.00. The Balaban J connectivity index is 1.49. The third-order valence-electron chi connectivity index (χ3n) is 5.02. The minimum atomic E-state index is -0.492. The molecule has 1 aliphatic rings. The summed E-state index contributed by atoms with van der Waals surface area (Å²) in [5, 5.41) is 16.6. The number of amides is 1. The van der Waals surface area contributed by atoms with E-state index in [1.807, 2.05) is 29.2 Å². The van der Waals surface area contributed by atoms with Gasteiger partial charge in [0.2, 0.25) is 5.91 Å². The van der Waals surface area contributed by atoms with Crippen molar-refractivity contribution in [2.75, 3.05) is 32.1 Å². The molecule has 158 valence electrons. The molecule has 1 heterocycles. The number of carbonyl (C=O) groups excluding carboxylic acids is 2. The van der Waals surface area contributed by atoms with Crippen molar-refractivity contribution in [3.05, 3.63) is 69.8 Å². The number of benzene rings is 2. The Labute approximate surface area is 174 Å². The van der Waals surface area contributed by atoms with E-state index in [9.17, 15) is 19.7 Å². The summed E-state index contributed by atoms with van der Waals surface area (Å²) in [6.45, 7) is 1.44. The number of nitro groups is 1. The van der Waals surface area contributed by atoms with Gasteiger partial charge in [-0.05, 0) is 29.7 Å². The van der Waals surface area contributed by atoms with Crippen molar-refractivity contribution in [2.24, 2.45) is 0 Å². The number of non-ortho nitro benzene ring substituents is 1. The van der Waals surface area contributed by atoms with Crippen molar-refractivity contribution in [1.29, 1.82) is 0 Å². The Hall–Kier alpha value is -3.46. The summed E-state index contributed by atoms with van der Waals surface area (Å²) in [5.74, 6) is -0.536. The fourth-order valence-electron chi connectivity index (χ4n) is 3.46. The number of nitrogens with zero attached hydrogens (tertiary/aromatic N) is 2. The van der Waals surface area contributed by atoms with E-state index in [-0.39, 0.29) is 24.1 Å².